The van der Waals surface area contributed by atoms with Crippen LogP contribution in [0.4, 0.5) is 0 Å². The van der Waals surface area contributed by atoms with Crippen molar-refractivity contribution in [2.75, 3.05) is 13.7 Å². The molecule has 0 radical (unpaired) electrons. The first-order valence-electron chi connectivity index (χ1n) is 6.50. The van der Waals surface area contributed by atoms with Crippen molar-refractivity contribution in [3.05, 3.63) is 23.8 Å². The molecule has 5 nitrogen and oxygen atoms in total. The SMILES string of the molecule is COc1ccc(C(=O)NC2(CN)CCCC2)cc1O. The van der Waals surface area contributed by atoms with Gasteiger partial charge in [0.2, 0.25) is 0 Å². The zero-order valence-corrected chi connectivity index (χ0v) is 11.1. The molecule has 0 spiro atoms. The van der Waals surface area contributed by atoms with Crippen LogP contribution in [-0.2, 0) is 0 Å². The van der Waals surface area contributed by atoms with Crippen LogP contribution in [0.25, 0.3) is 0 Å². The number of hydrogen-bond donors (Lipinski definition) is 3. The third-order valence-electron chi connectivity index (χ3n) is 3.77. The maximum atomic E-state index is 12.2. The molecule has 0 aliphatic heterocycles. The van der Waals surface area contributed by atoms with E-state index in [0.29, 0.717) is 17.9 Å². The molecule has 1 aliphatic carbocycles. The van der Waals surface area contributed by atoms with E-state index in [1.807, 2.05) is 0 Å². The molecule has 0 heterocycles. The first-order valence-corrected chi connectivity index (χ1v) is 6.50. The van der Waals surface area contributed by atoms with E-state index >= 15 is 0 Å². The molecule has 2 rings (SSSR count). The summed E-state index contributed by atoms with van der Waals surface area (Å²) in [6.45, 7) is 0.445. The number of nitrogens with two attached hydrogens (primary N) is 1. The first-order chi connectivity index (χ1) is 9.10. The molecule has 1 fully saturated rings. The standard InChI is InChI=1S/C14H20N2O3/c1-19-12-5-4-10(8-11(12)17)13(18)16-14(9-15)6-2-3-7-14/h4-5,8,17H,2-3,6-7,9,15H2,1H3,(H,16,18). The minimum atomic E-state index is -0.285. The molecular formula is C14H20N2O3. The number of carbonyl (C=O) groups excluding carboxylic acids is 1. The van der Waals surface area contributed by atoms with Gasteiger partial charge in [0, 0.05) is 12.1 Å². The molecule has 1 aliphatic rings. The minimum Gasteiger partial charge on any atom is -0.504 e. The maximum absolute atomic E-state index is 12.2. The van der Waals surface area contributed by atoms with Gasteiger partial charge in [0.25, 0.3) is 5.91 Å². The summed E-state index contributed by atoms with van der Waals surface area (Å²) in [5.41, 5.74) is 5.92. The number of phenols is 1. The molecule has 1 saturated carbocycles. The Morgan fingerprint density at radius 3 is 2.68 bits per heavy atom. The highest BCUT2D eigenvalue weighted by Gasteiger charge is 2.34. The van der Waals surface area contributed by atoms with Gasteiger partial charge in [0.15, 0.2) is 11.5 Å². The minimum absolute atomic E-state index is 0.0385. The highest BCUT2D eigenvalue weighted by atomic mass is 16.5. The maximum Gasteiger partial charge on any atom is 0.251 e. The predicted molar refractivity (Wildman–Crippen MR) is 72.4 cm³/mol. The Hall–Kier alpha value is -1.75. The van der Waals surface area contributed by atoms with Crippen molar-refractivity contribution in [3.63, 3.8) is 0 Å². The Labute approximate surface area is 112 Å². The summed E-state index contributed by atoms with van der Waals surface area (Å²) in [5, 5.41) is 12.7. The predicted octanol–water partition coefficient (Wildman–Crippen LogP) is 1.40. The number of nitrogens with one attached hydrogen (secondary N) is 1. The van der Waals surface area contributed by atoms with Gasteiger partial charge in [0.05, 0.1) is 12.6 Å². The lowest BCUT2D eigenvalue weighted by Gasteiger charge is -2.28. The second-order valence-corrected chi connectivity index (χ2v) is 5.03. The molecular weight excluding hydrogens is 244 g/mol. The molecule has 0 unspecified atom stereocenters. The van der Waals surface area contributed by atoms with Crippen LogP contribution in [0.5, 0.6) is 11.5 Å². The van der Waals surface area contributed by atoms with E-state index < -0.39 is 0 Å². The normalized spacial score (nSPS) is 17.2. The molecule has 4 N–H and O–H groups in total. The Morgan fingerprint density at radius 1 is 1.47 bits per heavy atom. The van der Waals surface area contributed by atoms with Crippen LogP contribution in [-0.4, -0.2) is 30.2 Å². The van der Waals surface area contributed by atoms with Crippen molar-refractivity contribution < 1.29 is 14.6 Å². The van der Waals surface area contributed by atoms with Gasteiger partial charge in [-0.3, -0.25) is 4.79 Å². The van der Waals surface area contributed by atoms with Crippen LogP contribution >= 0.6 is 0 Å². The summed E-state index contributed by atoms with van der Waals surface area (Å²) in [6.07, 6.45) is 4.01. The van der Waals surface area contributed by atoms with Crippen molar-refractivity contribution in [2.24, 2.45) is 5.73 Å². The van der Waals surface area contributed by atoms with Gasteiger partial charge in [-0.05, 0) is 31.0 Å². The van der Waals surface area contributed by atoms with E-state index in [1.54, 1.807) is 12.1 Å². The van der Waals surface area contributed by atoms with Gasteiger partial charge in [-0.2, -0.15) is 0 Å². The lowest BCUT2D eigenvalue weighted by molar-refractivity contribution is 0.0902. The largest absolute Gasteiger partial charge is 0.504 e. The molecule has 19 heavy (non-hydrogen) atoms. The number of carbonyl (C=O) groups is 1. The van der Waals surface area contributed by atoms with E-state index in [4.69, 9.17) is 10.5 Å². The summed E-state index contributed by atoms with van der Waals surface area (Å²) in [5.74, 6) is 0.111. The van der Waals surface area contributed by atoms with Crippen LogP contribution in [0, 0.1) is 0 Å². The van der Waals surface area contributed by atoms with Crippen molar-refractivity contribution in [1.82, 2.24) is 5.32 Å². The molecule has 0 bridgehead atoms. The topological polar surface area (TPSA) is 84.6 Å². The lowest BCUT2D eigenvalue weighted by Crippen LogP contribution is -2.51. The Balaban J connectivity index is 2.13. The Kier molecular flexibility index (Phi) is 3.95. The van der Waals surface area contributed by atoms with Gasteiger partial charge in [-0.15, -0.1) is 0 Å². The molecule has 1 aromatic carbocycles. The number of aromatic hydroxyl groups is 1. The zero-order chi connectivity index (χ0) is 13.9. The number of amides is 1. The van der Waals surface area contributed by atoms with Crippen LogP contribution in [0.1, 0.15) is 36.0 Å². The molecule has 0 saturated heterocycles. The van der Waals surface area contributed by atoms with Crippen molar-refractivity contribution in [1.29, 1.82) is 0 Å². The van der Waals surface area contributed by atoms with Gasteiger partial charge >= 0.3 is 0 Å². The summed E-state index contributed by atoms with van der Waals surface area (Å²) in [4.78, 5) is 12.2. The summed E-state index contributed by atoms with van der Waals surface area (Å²) in [6, 6.07) is 4.62. The van der Waals surface area contributed by atoms with Crippen LogP contribution in [0.15, 0.2) is 18.2 Å². The third kappa shape index (κ3) is 2.81. The fourth-order valence-corrected chi connectivity index (χ4v) is 2.58. The number of methoxy groups -OCH3 is 1. The van der Waals surface area contributed by atoms with Crippen LogP contribution < -0.4 is 15.8 Å². The van der Waals surface area contributed by atoms with Crippen molar-refractivity contribution in [2.45, 2.75) is 31.2 Å². The van der Waals surface area contributed by atoms with E-state index in [-0.39, 0.29) is 17.2 Å². The second kappa shape index (κ2) is 5.48. The Bertz CT molecular complexity index is 468. The van der Waals surface area contributed by atoms with E-state index in [0.717, 1.165) is 25.7 Å². The average Bonchev–Trinajstić information content (AvgIpc) is 2.87. The number of phenolic OH excluding ortho intramolecular Hbond substituents is 1. The molecule has 104 valence electrons. The van der Waals surface area contributed by atoms with Crippen LogP contribution in [0.2, 0.25) is 0 Å². The third-order valence-corrected chi connectivity index (χ3v) is 3.77. The molecule has 1 amide bonds. The van der Waals surface area contributed by atoms with Gasteiger partial charge < -0.3 is 20.9 Å². The first kappa shape index (κ1) is 13.7. The number of rotatable bonds is 4. The number of benzene rings is 1. The van der Waals surface area contributed by atoms with Crippen LogP contribution in [0.3, 0.4) is 0 Å². The average molecular weight is 264 g/mol. The van der Waals surface area contributed by atoms with Crippen molar-refractivity contribution >= 4 is 5.91 Å². The van der Waals surface area contributed by atoms with E-state index in [2.05, 4.69) is 5.32 Å². The zero-order valence-electron chi connectivity index (χ0n) is 11.1. The lowest BCUT2D eigenvalue weighted by atomic mass is 9.97. The number of ether oxygens (including phenoxy) is 1. The van der Waals surface area contributed by atoms with Gasteiger partial charge in [-0.25, -0.2) is 0 Å². The molecule has 5 heteroatoms. The van der Waals surface area contributed by atoms with Gasteiger partial charge in [-0.1, -0.05) is 12.8 Å². The van der Waals surface area contributed by atoms with Crippen molar-refractivity contribution in [3.8, 4) is 11.5 Å². The Morgan fingerprint density at radius 2 is 2.16 bits per heavy atom. The smallest absolute Gasteiger partial charge is 0.251 e. The summed E-state index contributed by atoms with van der Waals surface area (Å²) >= 11 is 0. The fraction of sp³-hybridized carbons (Fsp3) is 0.500. The molecule has 0 atom stereocenters. The fourth-order valence-electron chi connectivity index (χ4n) is 2.58. The number of hydrogen-bond acceptors (Lipinski definition) is 4. The quantitative estimate of drug-likeness (QED) is 0.767. The summed E-state index contributed by atoms with van der Waals surface area (Å²) in [7, 11) is 1.47. The molecule has 0 aromatic heterocycles. The second-order valence-electron chi connectivity index (χ2n) is 5.03. The molecule has 1 aromatic rings. The van der Waals surface area contributed by atoms with E-state index in [1.165, 1.54) is 13.2 Å². The van der Waals surface area contributed by atoms with Gasteiger partial charge in [0.1, 0.15) is 0 Å². The monoisotopic (exact) mass is 264 g/mol. The summed E-state index contributed by atoms with van der Waals surface area (Å²) < 4.78 is 4.95. The highest BCUT2D eigenvalue weighted by Crippen LogP contribution is 2.30. The highest BCUT2D eigenvalue weighted by molar-refractivity contribution is 5.95. The van der Waals surface area contributed by atoms with E-state index in [9.17, 15) is 9.90 Å².